The summed E-state index contributed by atoms with van der Waals surface area (Å²) < 4.78 is 0. The number of anilines is 1. The molecule has 0 atom stereocenters. The fourth-order valence-corrected chi connectivity index (χ4v) is 3.10. The van der Waals surface area contributed by atoms with E-state index in [0.29, 0.717) is 0 Å². The summed E-state index contributed by atoms with van der Waals surface area (Å²) in [6.45, 7) is 9.69. The Bertz CT molecular complexity index is 556. The molecule has 1 heterocycles. The molecule has 1 aromatic rings. The Morgan fingerprint density at radius 1 is 1.26 bits per heavy atom. The van der Waals surface area contributed by atoms with Crippen molar-refractivity contribution >= 4 is 17.2 Å². The molecule has 1 aromatic carbocycles. The summed E-state index contributed by atoms with van der Waals surface area (Å²) in [5.74, 6) is -0.816. The number of para-hydroxylation sites is 1. The van der Waals surface area contributed by atoms with E-state index >= 15 is 0 Å². The number of carboxylic acids is 1. The Morgan fingerprint density at radius 2 is 1.84 bits per heavy atom. The van der Waals surface area contributed by atoms with Crippen LogP contribution in [-0.2, 0) is 4.79 Å². The van der Waals surface area contributed by atoms with Gasteiger partial charge in [-0.1, -0.05) is 24.3 Å². The van der Waals surface area contributed by atoms with Crippen molar-refractivity contribution in [3.8, 4) is 0 Å². The van der Waals surface area contributed by atoms with E-state index in [2.05, 4.69) is 26.8 Å². The Hall–Kier alpha value is -1.77. The molecule has 2 rings (SSSR count). The van der Waals surface area contributed by atoms with Gasteiger partial charge in [0, 0.05) is 11.3 Å². The van der Waals surface area contributed by atoms with Crippen molar-refractivity contribution in [2.75, 3.05) is 4.90 Å². The zero-order valence-corrected chi connectivity index (χ0v) is 12.2. The third-order valence-electron chi connectivity index (χ3n) is 3.80. The first kappa shape index (κ1) is 13.7. The topological polar surface area (TPSA) is 40.5 Å². The highest BCUT2D eigenvalue weighted by atomic mass is 16.4. The predicted molar refractivity (Wildman–Crippen MR) is 78.4 cm³/mol. The summed E-state index contributed by atoms with van der Waals surface area (Å²) in [5, 5.41) is 9.55. The maximum atomic E-state index is 11.6. The Kier molecular flexibility index (Phi) is 2.96. The van der Waals surface area contributed by atoms with Gasteiger partial charge < -0.3 is 10.0 Å². The third kappa shape index (κ3) is 2.03. The van der Waals surface area contributed by atoms with Gasteiger partial charge in [0.05, 0.1) is 5.54 Å². The van der Waals surface area contributed by atoms with Crippen molar-refractivity contribution in [2.24, 2.45) is 0 Å². The lowest BCUT2D eigenvalue weighted by atomic mass is 9.84. The molecule has 102 valence electrons. The number of hydrogen-bond acceptors (Lipinski definition) is 2. The van der Waals surface area contributed by atoms with Crippen molar-refractivity contribution in [1.82, 2.24) is 0 Å². The maximum Gasteiger partial charge on any atom is 0.328 e. The second kappa shape index (κ2) is 4.12. The molecule has 1 aliphatic rings. The number of carboxylic acid groups (broad SMARTS) is 1. The van der Waals surface area contributed by atoms with Crippen LogP contribution in [0, 0.1) is 0 Å². The number of nitrogens with zero attached hydrogens (tertiary/aromatic N) is 1. The van der Waals surface area contributed by atoms with Crippen molar-refractivity contribution in [1.29, 1.82) is 0 Å². The Labute approximate surface area is 114 Å². The number of carbonyl (C=O) groups is 1. The molecule has 0 spiro atoms. The van der Waals surface area contributed by atoms with Gasteiger partial charge in [0.2, 0.25) is 0 Å². The maximum absolute atomic E-state index is 11.6. The number of hydrogen-bond donors (Lipinski definition) is 1. The number of fused-ring (bicyclic) bond motifs is 1. The first-order chi connectivity index (χ1) is 8.68. The van der Waals surface area contributed by atoms with Crippen LogP contribution in [0.1, 0.15) is 40.2 Å². The van der Waals surface area contributed by atoms with Gasteiger partial charge >= 0.3 is 5.97 Å². The molecule has 0 bridgehead atoms. The fraction of sp³-hybridized carbons (Fsp3) is 0.438. The van der Waals surface area contributed by atoms with E-state index in [4.69, 9.17) is 0 Å². The fourth-order valence-electron chi connectivity index (χ4n) is 3.10. The molecule has 1 N–H and O–H groups in total. The predicted octanol–water partition coefficient (Wildman–Crippen LogP) is 3.55. The molecule has 0 amide bonds. The molecule has 0 unspecified atom stereocenters. The second-order valence-electron chi connectivity index (χ2n) is 6.20. The molecule has 19 heavy (non-hydrogen) atoms. The minimum Gasteiger partial charge on any atom is -0.480 e. The lowest BCUT2D eigenvalue weighted by molar-refractivity contribution is -0.142. The summed E-state index contributed by atoms with van der Waals surface area (Å²) in [5.41, 5.74) is 1.99. The highest BCUT2D eigenvalue weighted by molar-refractivity contribution is 5.89. The molecular formula is C16H21NO2. The van der Waals surface area contributed by atoms with Crippen molar-refractivity contribution in [3.63, 3.8) is 0 Å². The van der Waals surface area contributed by atoms with E-state index in [0.717, 1.165) is 11.3 Å². The summed E-state index contributed by atoms with van der Waals surface area (Å²) in [4.78, 5) is 13.6. The molecule has 3 nitrogen and oxygen atoms in total. The third-order valence-corrected chi connectivity index (χ3v) is 3.80. The van der Waals surface area contributed by atoms with Crippen LogP contribution >= 0.6 is 0 Å². The van der Waals surface area contributed by atoms with E-state index in [-0.39, 0.29) is 5.54 Å². The molecule has 3 heteroatoms. The summed E-state index contributed by atoms with van der Waals surface area (Å²) in [6, 6.07) is 7.98. The Balaban J connectivity index is 2.69. The highest BCUT2D eigenvalue weighted by Crippen LogP contribution is 2.42. The van der Waals surface area contributed by atoms with Crippen LogP contribution in [-0.4, -0.2) is 22.2 Å². The van der Waals surface area contributed by atoms with E-state index in [1.54, 1.807) is 13.8 Å². The normalized spacial score (nSPS) is 17.7. The van der Waals surface area contributed by atoms with Gasteiger partial charge in [0.1, 0.15) is 5.54 Å². The van der Waals surface area contributed by atoms with E-state index in [1.165, 1.54) is 5.57 Å². The van der Waals surface area contributed by atoms with Gasteiger partial charge in [-0.3, -0.25) is 0 Å². The lowest BCUT2D eigenvalue weighted by Gasteiger charge is -2.50. The zero-order chi connectivity index (χ0) is 14.4. The summed E-state index contributed by atoms with van der Waals surface area (Å²) >= 11 is 0. The molecule has 0 aromatic heterocycles. The van der Waals surface area contributed by atoms with Crippen LogP contribution in [0.4, 0.5) is 5.69 Å². The minimum absolute atomic E-state index is 0.333. The minimum atomic E-state index is -0.962. The number of allylic oxidation sites excluding steroid dienone is 1. The van der Waals surface area contributed by atoms with Crippen molar-refractivity contribution in [3.05, 3.63) is 35.9 Å². The highest BCUT2D eigenvalue weighted by Gasteiger charge is 2.44. The van der Waals surface area contributed by atoms with E-state index < -0.39 is 11.5 Å². The first-order valence-electron chi connectivity index (χ1n) is 6.50. The number of benzene rings is 1. The van der Waals surface area contributed by atoms with Crippen LogP contribution < -0.4 is 4.90 Å². The molecular weight excluding hydrogens is 238 g/mol. The van der Waals surface area contributed by atoms with E-state index in [1.807, 2.05) is 29.2 Å². The molecule has 0 saturated heterocycles. The summed E-state index contributed by atoms with van der Waals surface area (Å²) in [6.07, 6.45) is 2.14. The quantitative estimate of drug-likeness (QED) is 0.883. The molecule has 1 aliphatic heterocycles. The van der Waals surface area contributed by atoms with Crippen molar-refractivity contribution < 1.29 is 9.90 Å². The smallest absolute Gasteiger partial charge is 0.328 e. The van der Waals surface area contributed by atoms with Gasteiger partial charge in [0.15, 0.2) is 0 Å². The van der Waals surface area contributed by atoms with Gasteiger partial charge in [-0.05, 0) is 46.3 Å². The standard InChI is InChI=1S/C16H21NO2/c1-11-10-15(2,3)17(16(4,5)14(18)19)13-9-7-6-8-12(11)13/h6-10H,1-5H3,(H,18,19). The monoisotopic (exact) mass is 259 g/mol. The lowest BCUT2D eigenvalue weighted by Crippen LogP contribution is -2.60. The molecule has 0 fully saturated rings. The van der Waals surface area contributed by atoms with Gasteiger partial charge in [-0.2, -0.15) is 0 Å². The largest absolute Gasteiger partial charge is 0.480 e. The second-order valence-corrected chi connectivity index (χ2v) is 6.20. The SMILES string of the molecule is CC1=CC(C)(C)N(C(C)(C)C(=O)O)c2ccccc21. The van der Waals surface area contributed by atoms with Gasteiger partial charge in [0.25, 0.3) is 0 Å². The van der Waals surface area contributed by atoms with Crippen LogP contribution in [0.15, 0.2) is 30.3 Å². The molecule has 0 radical (unpaired) electrons. The van der Waals surface area contributed by atoms with Crippen molar-refractivity contribution in [2.45, 2.75) is 45.7 Å². The zero-order valence-electron chi connectivity index (χ0n) is 12.2. The number of aliphatic carboxylic acids is 1. The van der Waals surface area contributed by atoms with Crippen LogP contribution in [0.5, 0.6) is 0 Å². The van der Waals surface area contributed by atoms with Gasteiger partial charge in [-0.15, -0.1) is 0 Å². The van der Waals surface area contributed by atoms with Crippen LogP contribution in [0.2, 0.25) is 0 Å². The molecule has 0 aliphatic carbocycles. The average molecular weight is 259 g/mol. The average Bonchev–Trinajstić information content (AvgIpc) is 2.27. The summed E-state index contributed by atoms with van der Waals surface area (Å²) in [7, 11) is 0. The van der Waals surface area contributed by atoms with Crippen LogP contribution in [0.25, 0.3) is 5.57 Å². The molecule has 0 saturated carbocycles. The van der Waals surface area contributed by atoms with Crippen LogP contribution in [0.3, 0.4) is 0 Å². The van der Waals surface area contributed by atoms with E-state index in [9.17, 15) is 9.90 Å². The number of rotatable bonds is 2. The first-order valence-corrected chi connectivity index (χ1v) is 6.50. The Morgan fingerprint density at radius 3 is 2.42 bits per heavy atom. The van der Waals surface area contributed by atoms with Gasteiger partial charge in [-0.25, -0.2) is 4.79 Å².